The summed E-state index contributed by atoms with van der Waals surface area (Å²) in [5.41, 5.74) is 7.37. The van der Waals surface area contributed by atoms with Gasteiger partial charge in [0.05, 0.1) is 5.69 Å². The molecule has 0 aromatic carbocycles. The van der Waals surface area contributed by atoms with Gasteiger partial charge < -0.3 is 10.3 Å². The van der Waals surface area contributed by atoms with Crippen LogP contribution in [0.5, 0.6) is 0 Å². The van der Waals surface area contributed by atoms with E-state index in [-0.39, 0.29) is 0 Å². The fourth-order valence-corrected chi connectivity index (χ4v) is 2.69. The largest absolute Gasteiger partial charge is 0.384 e. The van der Waals surface area contributed by atoms with Crippen molar-refractivity contribution < 1.29 is 0 Å². The van der Waals surface area contributed by atoms with Crippen LogP contribution < -0.4 is 5.73 Å². The lowest BCUT2D eigenvalue weighted by Gasteiger charge is -2.13. The number of hydrogen-bond acceptors (Lipinski definition) is 3. The third kappa shape index (κ3) is 2.79. The summed E-state index contributed by atoms with van der Waals surface area (Å²) in [5, 5.41) is 0. The summed E-state index contributed by atoms with van der Waals surface area (Å²) in [4.78, 5) is 4.79. The summed E-state index contributed by atoms with van der Waals surface area (Å²) in [6.07, 6.45) is 6.91. The Labute approximate surface area is 108 Å². The summed E-state index contributed by atoms with van der Waals surface area (Å²) in [6.45, 7) is 4.38. The van der Waals surface area contributed by atoms with Crippen LogP contribution in [-0.4, -0.2) is 21.6 Å². The van der Waals surface area contributed by atoms with Crippen LogP contribution in [0, 0.1) is 0 Å². The van der Waals surface area contributed by atoms with Crippen molar-refractivity contribution in [1.82, 2.24) is 9.55 Å². The van der Waals surface area contributed by atoms with Crippen LogP contribution in [-0.2, 0) is 6.42 Å². The molecule has 0 unspecified atom stereocenters. The number of aryl methyl sites for hydroxylation is 1. The van der Waals surface area contributed by atoms with E-state index in [4.69, 9.17) is 10.7 Å². The highest BCUT2D eigenvalue weighted by Crippen LogP contribution is 2.41. The Kier molecular flexibility index (Phi) is 4.02. The van der Waals surface area contributed by atoms with Crippen LogP contribution in [0.15, 0.2) is 0 Å². The van der Waals surface area contributed by atoms with Crippen molar-refractivity contribution in [3.63, 3.8) is 0 Å². The smallest absolute Gasteiger partial charge is 0.127 e. The van der Waals surface area contributed by atoms with Crippen LogP contribution >= 0.6 is 11.8 Å². The molecule has 0 amide bonds. The number of rotatable bonds is 6. The zero-order chi connectivity index (χ0) is 12.4. The summed E-state index contributed by atoms with van der Waals surface area (Å²) in [7, 11) is 0. The SMILES string of the molecule is CSCCCc1nc(C2CC2)n(C(C)C)c1N. The van der Waals surface area contributed by atoms with Gasteiger partial charge in [0.25, 0.3) is 0 Å². The molecule has 1 saturated carbocycles. The number of nitrogens with two attached hydrogens (primary N) is 1. The summed E-state index contributed by atoms with van der Waals surface area (Å²) in [5.74, 6) is 4.00. The maximum Gasteiger partial charge on any atom is 0.127 e. The molecule has 4 heteroatoms. The van der Waals surface area contributed by atoms with Gasteiger partial charge in [0.2, 0.25) is 0 Å². The van der Waals surface area contributed by atoms with E-state index >= 15 is 0 Å². The molecule has 96 valence electrons. The summed E-state index contributed by atoms with van der Waals surface area (Å²) >= 11 is 1.89. The van der Waals surface area contributed by atoms with Crippen molar-refractivity contribution in [3.8, 4) is 0 Å². The first kappa shape index (κ1) is 12.8. The first-order valence-corrected chi connectivity index (χ1v) is 7.90. The molecule has 1 aliphatic rings. The number of hydrogen-bond donors (Lipinski definition) is 1. The average molecular weight is 253 g/mol. The van der Waals surface area contributed by atoms with Crippen LogP contribution in [0.3, 0.4) is 0 Å². The van der Waals surface area contributed by atoms with E-state index in [1.165, 1.54) is 30.8 Å². The molecule has 1 aromatic heterocycles. The average Bonchev–Trinajstić information content (AvgIpc) is 3.05. The molecular formula is C13H23N3S. The van der Waals surface area contributed by atoms with Crippen LogP contribution in [0.1, 0.15) is 56.6 Å². The van der Waals surface area contributed by atoms with Crippen molar-refractivity contribution >= 4 is 17.6 Å². The zero-order valence-corrected chi connectivity index (χ0v) is 11.9. The third-order valence-corrected chi connectivity index (χ3v) is 3.97. The first-order valence-electron chi connectivity index (χ1n) is 6.50. The monoisotopic (exact) mass is 253 g/mol. The molecule has 0 aliphatic heterocycles. The number of nitrogen functional groups attached to an aromatic ring is 1. The van der Waals surface area contributed by atoms with Crippen molar-refractivity contribution in [1.29, 1.82) is 0 Å². The summed E-state index contributed by atoms with van der Waals surface area (Å²) in [6, 6.07) is 0.424. The van der Waals surface area contributed by atoms with Crippen LogP contribution in [0.2, 0.25) is 0 Å². The minimum absolute atomic E-state index is 0.424. The van der Waals surface area contributed by atoms with E-state index in [0.29, 0.717) is 12.0 Å². The highest BCUT2D eigenvalue weighted by atomic mass is 32.2. The van der Waals surface area contributed by atoms with Crippen molar-refractivity contribution in [2.75, 3.05) is 17.7 Å². The Morgan fingerprint density at radius 2 is 2.18 bits per heavy atom. The third-order valence-electron chi connectivity index (χ3n) is 3.27. The normalized spacial score (nSPS) is 15.8. The molecule has 1 fully saturated rings. The Bertz CT molecular complexity index is 380. The molecular weight excluding hydrogens is 230 g/mol. The van der Waals surface area contributed by atoms with E-state index in [9.17, 15) is 0 Å². The Hall–Kier alpha value is -0.640. The lowest BCUT2D eigenvalue weighted by Crippen LogP contribution is -2.09. The van der Waals surface area contributed by atoms with E-state index in [1.807, 2.05) is 11.8 Å². The Balaban J connectivity index is 2.18. The van der Waals surface area contributed by atoms with Gasteiger partial charge >= 0.3 is 0 Å². The fourth-order valence-electron chi connectivity index (χ4n) is 2.25. The molecule has 0 bridgehead atoms. The van der Waals surface area contributed by atoms with Gasteiger partial charge in [-0.1, -0.05) is 0 Å². The van der Waals surface area contributed by atoms with E-state index in [0.717, 1.165) is 17.9 Å². The standard InChI is InChI=1S/C13H23N3S/c1-9(2)16-12(14)11(5-4-8-17-3)15-13(16)10-6-7-10/h9-10H,4-8,14H2,1-3H3. The molecule has 2 rings (SSSR count). The van der Waals surface area contributed by atoms with Gasteiger partial charge in [0, 0.05) is 12.0 Å². The van der Waals surface area contributed by atoms with Gasteiger partial charge in [-0.25, -0.2) is 4.98 Å². The number of anilines is 1. The number of aromatic nitrogens is 2. The zero-order valence-electron chi connectivity index (χ0n) is 11.1. The molecule has 1 aromatic rings. The second-order valence-electron chi connectivity index (χ2n) is 5.14. The minimum atomic E-state index is 0.424. The van der Waals surface area contributed by atoms with Gasteiger partial charge in [-0.15, -0.1) is 0 Å². The van der Waals surface area contributed by atoms with Crippen LogP contribution in [0.25, 0.3) is 0 Å². The molecule has 0 saturated heterocycles. The number of imidazole rings is 1. The predicted molar refractivity (Wildman–Crippen MR) is 75.7 cm³/mol. The first-order chi connectivity index (χ1) is 8.15. The second-order valence-corrected chi connectivity index (χ2v) is 6.12. The second kappa shape index (κ2) is 5.34. The molecule has 2 N–H and O–H groups in total. The topological polar surface area (TPSA) is 43.8 Å². The van der Waals surface area contributed by atoms with Crippen molar-refractivity contribution in [3.05, 3.63) is 11.5 Å². The molecule has 0 radical (unpaired) electrons. The molecule has 1 heterocycles. The quantitative estimate of drug-likeness (QED) is 0.792. The lowest BCUT2D eigenvalue weighted by atomic mass is 10.2. The van der Waals surface area contributed by atoms with Gasteiger partial charge in [0.1, 0.15) is 11.6 Å². The molecule has 17 heavy (non-hydrogen) atoms. The molecule has 1 aliphatic carbocycles. The van der Waals surface area contributed by atoms with Crippen molar-refractivity contribution in [2.45, 2.75) is 51.5 Å². The highest BCUT2D eigenvalue weighted by molar-refractivity contribution is 7.98. The predicted octanol–water partition coefficient (Wildman–Crippen LogP) is 3.22. The maximum absolute atomic E-state index is 6.25. The molecule has 3 nitrogen and oxygen atoms in total. The summed E-state index contributed by atoms with van der Waals surface area (Å²) < 4.78 is 2.24. The van der Waals surface area contributed by atoms with E-state index in [2.05, 4.69) is 24.7 Å². The van der Waals surface area contributed by atoms with E-state index < -0.39 is 0 Å². The number of thioether (sulfide) groups is 1. The van der Waals surface area contributed by atoms with Gasteiger partial charge in [-0.05, 0) is 51.5 Å². The highest BCUT2D eigenvalue weighted by Gasteiger charge is 2.31. The lowest BCUT2D eigenvalue weighted by molar-refractivity contribution is 0.576. The van der Waals surface area contributed by atoms with E-state index in [1.54, 1.807) is 0 Å². The van der Waals surface area contributed by atoms with Crippen LogP contribution in [0.4, 0.5) is 5.82 Å². The Morgan fingerprint density at radius 1 is 1.47 bits per heavy atom. The molecule has 0 spiro atoms. The van der Waals surface area contributed by atoms with Gasteiger partial charge in [-0.2, -0.15) is 11.8 Å². The molecule has 0 atom stereocenters. The van der Waals surface area contributed by atoms with Gasteiger partial charge in [-0.3, -0.25) is 0 Å². The van der Waals surface area contributed by atoms with Gasteiger partial charge in [0.15, 0.2) is 0 Å². The maximum atomic E-state index is 6.25. The Morgan fingerprint density at radius 3 is 2.71 bits per heavy atom. The minimum Gasteiger partial charge on any atom is -0.384 e. The fraction of sp³-hybridized carbons (Fsp3) is 0.769. The van der Waals surface area contributed by atoms with Crippen molar-refractivity contribution in [2.24, 2.45) is 0 Å². The number of nitrogens with zero attached hydrogens (tertiary/aromatic N) is 2.